The molecule has 0 radical (unpaired) electrons. The highest BCUT2D eigenvalue weighted by atomic mass is 19.4. The third kappa shape index (κ3) is 4.18. The van der Waals surface area contributed by atoms with Crippen LogP contribution in [0, 0.1) is 0 Å². The van der Waals surface area contributed by atoms with E-state index in [0.717, 1.165) is 22.6 Å². The van der Waals surface area contributed by atoms with Crippen molar-refractivity contribution >= 4 is 17.5 Å². The Bertz CT molecular complexity index is 925. The molecule has 0 aromatic heterocycles. The van der Waals surface area contributed by atoms with Crippen molar-refractivity contribution in [1.82, 2.24) is 4.90 Å². The molecule has 2 saturated heterocycles. The molecule has 30 heavy (non-hydrogen) atoms. The Morgan fingerprint density at radius 1 is 0.967 bits per heavy atom. The minimum absolute atomic E-state index is 0.161. The quantitative estimate of drug-likeness (QED) is 0.770. The molecule has 2 aromatic rings. The minimum Gasteiger partial charge on any atom is -0.360 e. The number of nitrogens with one attached hydrogen (secondary N) is 1. The van der Waals surface area contributed by atoms with Gasteiger partial charge in [-0.05, 0) is 23.8 Å². The summed E-state index contributed by atoms with van der Waals surface area (Å²) in [5.41, 5.74) is 0.774. The van der Waals surface area contributed by atoms with Gasteiger partial charge in [-0.25, -0.2) is 0 Å². The van der Waals surface area contributed by atoms with E-state index in [2.05, 4.69) is 0 Å². The maximum Gasteiger partial charge on any atom is 0.416 e. The normalized spacial score (nSPS) is 20.8. The Morgan fingerprint density at radius 3 is 2.33 bits per heavy atom. The maximum absolute atomic E-state index is 13.0. The minimum atomic E-state index is -4.37. The highest BCUT2D eigenvalue weighted by molar-refractivity contribution is 6.04. The number of carbonyl (C=O) groups excluding carboxylic acids is 2. The summed E-state index contributed by atoms with van der Waals surface area (Å²) in [7, 11) is 0. The first-order chi connectivity index (χ1) is 14.3. The average molecular weight is 418 g/mol. The van der Waals surface area contributed by atoms with E-state index in [9.17, 15) is 22.8 Å². The van der Waals surface area contributed by atoms with Crippen LogP contribution >= 0.6 is 0 Å². The van der Waals surface area contributed by atoms with Crippen LogP contribution in [0.4, 0.5) is 18.9 Å². The fourth-order valence-corrected chi connectivity index (χ4v) is 4.21. The number of hydrogen-bond acceptors (Lipinski definition) is 3. The second-order valence-corrected chi connectivity index (χ2v) is 7.75. The van der Waals surface area contributed by atoms with Gasteiger partial charge in [0.2, 0.25) is 5.91 Å². The van der Waals surface area contributed by atoms with E-state index in [1.54, 1.807) is 6.07 Å². The predicted molar refractivity (Wildman–Crippen MR) is 105 cm³/mol. The number of likely N-dealkylation sites (tertiary alicyclic amines) is 1. The largest absolute Gasteiger partial charge is 0.416 e. The summed E-state index contributed by atoms with van der Waals surface area (Å²) < 4.78 is 38.9. The van der Waals surface area contributed by atoms with Crippen LogP contribution < -0.4 is 9.80 Å². The van der Waals surface area contributed by atoms with Crippen molar-refractivity contribution in [2.75, 3.05) is 31.1 Å². The Morgan fingerprint density at radius 2 is 1.67 bits per heavy atom. The van der Waals surface area contributed by atoms with Crippen molar-refractivity contribution < 1.29 is 27.7 Å². The van der Waals surface area contributed by atoms with Crippen molar-refractivity contribution in [3.63, 3.8) is 0 Å². The maximum atomic E-state index is 13.0. The van der Waals surface area contributed by atoms with Gasteiger partial charge in [0.05, 0.1) is 44.7 Å². The van der Waals surface area contributed by atoms with E-state index in [4.69, 9.17) is 0 Å². The summed E-state index contributed by atoms with van der Waals surface area (Å²) in [6.07, 6.45) is -4.19. The first kappa shape index (κ1) is 20.4. The van der Waals surface area contributed by atoms with Gasteiger partial charge in [-0.3, -0.25) is 14.5 Å². The zero-order valence-electron chi connectivity index (χ0n) is 16.4. The van der Waals surface area contributed by atoms with E-state index in [0.29, 0.717) is 31.9 Å². The van der Waals surface area contributed by atoms with Crippen LogP contribution in [-0.4, -0.2) is 48.9 Å². The van der Waals surface area contributed by atoms with E-state index < -0.39 is 17.8 Å². The molecule has 0 bridgehead atoms. The summed E-state index contributed by atoms with van der Waals surface area (Å²) in [4.78, 5) is 29.6. The number of piperazine rings is 1. The highest BCUT2D eigenvalue weighted by Crippen LogP contribution is 2.31. The Hall–Kier alpha value is -2.87. The summed E-state index contributed by atoms with van der Waals surface area (Å²) >= 11 is 0. The van der Waals surface area contributed by atoms with Crippen LogP contribution in [0.2, 0.25) is 0 Å². The van der Waals surface area contributed by atoms with E-state index in [1.165, 1.54) is 11.0 Å². The van der Waals surface area contributed by atoms with Crippen molar-refractivity contribution in [1.29, 1.82) is 0 Å². The Kier molecular flexibility index (Phi) is 5.51. The lowest BCUT2D eigenvalue weighted by Crippen LogP contribution is -3.19. The number of imide groups is 1. The number of carbonyl (C=O) groups is 2. The molecule has 5 nitrogen and oxygen atoms in total. The topological polar surface area (TPSA) is 45.1 Å². The fourth-order valence-electron chi connectivity index (χ4n) is 4.21. The van der Waals surface area contributed by atoms with Gasteiger partial charge in [0.25, 0.3) is 5.91 Å². The first-order valence-corrected chi connectivity index (χ1v) is 9.98. The van der Waals surface area contributed by atoms with Crippen LogP contribution in [0.15, 0.2) is 54.6 Å². The molecule has 2 fully saturated rings. The molecule has 8 heteroatoms. The highest BCUT2D eigenvalue weighted by Gasteiger charge is 2.45. The number of nitrogens with zero attached hydrogens (tertiary/aromatic N) is 2. The molecule has 2 aliphatic rings. The van der Waals surface area contributed by atoms with Crippen LogP contribution in [0.1, 0.15) is 17.5 Å². The van der Waals surface area contributed by atoms with Crippen LogP contribution in [0.3, 0.4) is 0 Å². The van der Waals surface area contributed by atoms with Gasteiger partial charge in [-0.15, -0.1) is 0 Å². The second kappa shape index (κ2) is 8.10. The fraction of sp³-hybridized carbons (Fsp3) is 0.364. The lowest BCUT2D eigenvalue weighted by Gasteiger charge is -2.35. The number of benzene rings is 2. The molecule has 2 heterocycles. The van der Waals surface area contributed by atoms with Gasteiger partial charge in [0.15, 0.2) is 6.04 Å². The first-order valence-electron chi connectivity index (χ1n) is 9.98. The molecule has 0 saturated carbocycles. The molecule has 4 rings (SSSR count). The Labute approximate surface area is 172 Å². The number of halogens is 3. The van der Waals surface area contributed by atoms with Gasteiger partial charge >= 0.3 is 6.18 Å². The lowest BCUT2D eigenvalue weighted by molar-refractivity contribution is -0.915. The van der Waals surface area contributed by atoms with Crippen molar-refractivity contribution in [3.8, 4) is 0 Å². The molecule has 2 aromatic carbocycles. The smallest absolute Gasteiger partial charge is 0.360 e. The van der Waals surface area contributed by atoms with Crippen LogP contribution in [-0.2, 0) is 22.3 Å². The molecule has 1 N–H and O–H groups in total. The SMILES string of the molecule is O=C1C[C@@H]([NH+]2CCN(c3cccc(C(F)(F)F)c3)CC2)C(=O)N1Cc1ccccc1. The standard InChI is InChI=1S/C22H22F3N3O2/c23-22(24,25)17-7-4-8-18(13-17)26-9-11-27(12-10-26)19-14-20(29)28(21(19)30)15-16-5-2-1-3-6-16/h1-8,13,19H,9-12,14-15H2/p+1/t19-/m1/s1. The van der Waals surface area contributed by atoms with Gasteiger partial charge < -0.3 is 9.80 Å². The molecule has 0 unspecified atom stereocenters. The molecule has 2 aliphatic heterocycles. The number of rotatable bonds is 4. The number of anilines is 1. The van der Waals surface area contributed by atoms with Crippen molar-refractivity contribution in [2.24, 2.45) is 0 Å². The van der Waals surface area contributed by atoms with Gasteiger partial charge in [-0.2, -0.15) is 13.2 Å². The molecule has 0 spiro atoms. The second-order valence-electron chi connectivity index (χ2n) is 7.75. The van der Waals surface area contributed by atoms with Gasteiger partial charge in [0, 0.05) is 5.69 Å². The molecular formula is C22H23F3N3O2+. The number of alkyl halides is 3. The number of hydrogen-bond donors (Lipinski definition) is 1. The average Bonchev–Trinajstić information content (AvgIpc) is 3.02. The molecule has 158 valence electrons. The Balaban J connectivity index is 1.39. The van der Waals surface area contributed by atoms with Crippen LogP contribution in [0.5, 0.6) is 0 Å². The van der Waals surface area contributed by atoms with E-state index >= 15 is 0 Å². The van der Waals surface area contributed by atoms with E-state index in [-0.39, 0.29) is 24.8 Å². The van der Waals surface area contributed by atoms with Crippen molar-refractivity contribution in [2.45, 2.75) is 25.2 Å². The predicted octanol–water partition coefficient (Wildman–Crippen LogP) is 1.74. The van der Waals surface area contributed by atoms with E-state index in [1.807, 2.05) is 35.2 Å². The third-order valence-corrected chi connectivity index (χ3v) is 5.86. The molecule has 0 aliphatic carbocycles. The number of quaternary nitrogens is 1. The molecule has 2 amide bonds. The van der Waals surface area contributed by atoms with Gasteiger partial charge in [-0.1, -0.05) is 36.4 Å². The summed E-state index contributed by atoms with van der Waals surface area (Å²) in [6, 6.07) is 14.3. The summed E-state index contributed by atoms with van der Waals surface area (Å²) in [5, 5.41) is 0. The molecular weight excluding hydrogens is 395 g/mol. The van der Waals surface area contributed by atoms with Crippen LogP contribution in [0.25, 0.3) is 0 Å². The van der Waals surface area contributed by atoms with Gasteiger partial charge in [0.1, 0.15) is 0 Å². The number of amides is 2. The third-order valence-electron chi connectivity index (χ3n) is 5.86. The lowest BCUT2D eigenvalue weighted by atomic mass is 10.1. The monoisotopic (exact) mass is 418 g/mol. The zero-order chi connectivity index (χ0) is 21.3. The summed E-state index contributed by atoms with van der Waals surface area (Å²) in [5.74, 6) is -0.326. The zero-order valence-corrected chi connectivity index (χ0v) is 16.4. The summed E-state index contributed by atoms with van der Waals surface area (Å²) in [6.45, 7) is 2.54. The van der Waals surface area contributed by atoms with Crippen molar-refractivity contribution in [3.05, 3.63) is 65.7 Å². The molecule has 1 atom stereocenters.